The first-order valence-corrected chi connectivity index (χ1v) is 8.61. The second-order valence-corrected chi connectivity index (χ2v) is 6.13. The van der Waals surface area contributed by atoms with Crippen LogP contribution >= 0.6 is 0 Å². The summed E-state index contributed by atoms with van der Waals surface area (Å²) in [7, 11) is 0. The summed E-state index contributed by atoms with van der Waals surface area (Å²) in [5.74, 6) is -0.455. The molecule has 132 valence electrons. The quantitative estimate of drug-likeness (QED) is 0.611. The fourth-order valence-corrected chi connectivity index (χ4v) is 3.04. The molecule has 0 fully saturated rings. The molecule has 4 aromatic rings. The van der Waals surface area contributed by atoms with Crippen LogP contribution in [0, 0.1) is 0 Å². The average Bonchev–Trinajstić information content (AvgIpc) is 2.73. The Morgan fingerprint density at radius 3 is 2.07 bits per heavy atom. The number of rotatable bonds is 4. The van der Waals surface area contributed by atoms with Crippen molar-refractivity contribution in [2.75, 3.05) is 0 Å². The Labute approximate surface area is 155 Å². The molecular weight excluding hydrogens is 338 g/mol. The number of pyridine rings is 1. The normalized spacial score (nSPS) is 10.9. The van der Waals surface area contributed by atoms with Gasteiger partial charge in [0.05, 0.1) is 6.04 Å². The van der Waals surface area contributed by atoms with Gasteiger partial charge in [-0.15, -0.1) is 0 Å². The molecule has 4 rings (SSSR count). The predicted molar refractivity (Wildman–Crippen MR) is 104 cm³/mol. The zero-order chi connectivity index (χ0) is 18.6. The van der Waals surface area contributed by atoms with E-state index in [-0.39, 0.29) is 11.6 Å². The van der Waals surface area contributed by atoms with Crippen molar-refractivity contribution in [2.45, 2.75) is 6.04 Å². The number of benzene rings is 2. The van der Waals surface area contributed by atoms with Gasteiger partial charge in [-0.05, 0) is 23.3 Å². The van der Waals surface area contributed by atoms with Crippen molar-refractivity contribution < 1.29 is 4.79 Å². The molecule has 2 aromatic heterocycles. The van der Waals surface area contributed by atoms with Crippen molar-refractivity contribution in [1.29, 1.82) is 0 Å². The maximum atomic E-state index is 12.9. The van der Waals surface area contributed by atoms with Crippen LogP contribution in [0.4, 0.5) is 0 Å². The second kappa shape index (κ2) is 7.25. The van der Waals surface area contributed by atoms with Crippen LogP contribution in [0.25, 0.3) is 5.65 Å². The minimum absolute atomic E-state index is 0.00978. The van der Waals surface area contributed by atoms with Gasteiger partial charge < -0.3 is 5.32 Å². The molecule has 0 aliphatic carbocycles. The number of carbonyl (C=O) groups is 1. The van der Waals surface area contributed by atoms with Crippen molar-refractivity contribution in [2.24, 2.45) is 0 Å². The summed E-state index contributed by atoms with van der Waals surface area (Å²) in [6.45, 7) is 0. The van der Waals surface area contributed by atoms with Gasteiger partial charge in [-0.3, -0.25) is 14.0 Å². The Morgan fingerprint density at radius 2 is 1.44 bits per heavy atom. The van der Waals surface area contributed by atoms with Crippen LogP contribution in [0.5, 0.6) is 0 Å². The summed E-state index contributed by atoms with van der Waals surface area (Å²) in [5, 5.41) is 2.98. The minimum atomic E-state index is -0.455. The third kappa shape index (κ3) is 3.35. The molecule has 0 saturated carbocycles. The molecule has 0 atom stereocenters. The van der Waals surface area contributed by atoms with Crippen molar-refractivity contribution in [3.05, 3.63) is 118 Å². The summed E-state index contributed by atoms with van der Waals surface area (Å²) < 4.78 is 1.37. The largest absolute Gasteiger partial charge is 0.341 e. The van der Waals surface area contributed by atoms with E-state index in [1.54, 1.807) is 24.4 Å². The molecule has 1 N–H and O–H groups in total. The number of aromatic nitrogens is 2. The number of amides is 1. The molecule has 1 amide bonds. The fourth-order valence-electron chi connectivity index (χ4n) is 3.04. The maximum Gasteiger partial charge on any atom is 0.270 e. The third-order valence-electron chi connectivity index (χ3n) is 4.40. The van der Waals surface area contributed by atoms with E-state index >= 15 is 0 Å². The molecule has 0 spiro atoms. The lowest BCUT2D eigenvalue weighted by Gasteiger charge is -2.19. The fraction of sp³-hybridized carbons (Fsp3) is 0.0455. The van der Waals surface area contributed by atoms with Crippen LogP contribution < -0.4 is 10.9 Å². The Morgan fingerprint density at radius 1 is 0.852 bits per heavy atom. The van der Waals surface area contributed by atoms with Crippen LogP contribution in [-0.2, 0) is 0 Å². The number of nitrogens with zero attached hydrogens (tertiary/aromatic N) is 2. The highest BCUT2D eigenvalue weighted by atomic mass is 16.2. The van der Waals surface area contributed by atoms with E-state index in [2.05, 4.69) is 10.3 Å². The smallest absolute Gasteiger partial charge is 0.270 e. The van der Waals surface area contributed by atoms with Crippen molar-refractivity contribution in [1.82, 2.24) is 14.7 Å². The maximum absolute atomic E-state index is 12.9. The number of fused-ring (bicyclic) bond motifs is 1. The second-order valence-electron chi connectivity index (χ2n) is 6.13. The Balaban J connectivity index is 1.73. The highest BCUT2D eigenvalue weighted by molar-refractivity contribution is 5.94. The lowest BCUT2D eigenvalue weighted by molar-refractivity contribution is 0.0941. The molecule has 0 saturated heterocycles. The highest BCUT2D eigenvalue weighted by Gasteiger charge is 2.20. The topological polar surface area (TPSA) is 63.5 Å². The molecule has 5 heteroatoms. The average molecular weight is 355 g/mol. The van der Waals surface area contributed by atoms with Gasteiger partial charge in [-0.2, -0.15) is 0 Å². The standard InChI is InChI=1S/C22H17N3O2/c26-21(18-15-23-19-13-7-8-14-25(19)22(18)27)24-20(16-9-3-1-4-10-16)17-11-5-2-6-12-17/h1-15,20H,(H,24,26). The number of hydrogen-bond acceptors (Lipinski definition) is 3. The molecule has 2 heterocycles. The summed E-state index contributed by atoms with van der Waals surface area (Å²) >= 11 is 0. The molecule has 0 aliphatic rings. The molecule has 27 heavy (non-hydrogen) atoms. The zero-order valence-corrected chi connectivity index (χ0v) is 14.4. The molecule has 5 nitrogen and oxygen atoms in total. The SMILES string of the molecule is O=C(NC(c1ccccc1)c1ccccc1)c1cnc2ccccn2c1=O. The van der Waals surface area contributed by atoms with E-state index in [4.69, 9.17) is 0 Å². The Bertz CT molecular complexity index is 1100. The summed E-state index contributed by atoms with van der Waals surface area (Å²) in [5.41, 5.74) is 1.99. The van der Waals surface area contributed by atoms with E-state index in [0.29, 0.717) is 5.65 Å². The first-order chi connectivity index (χ1) is 13.2. The van der Waals surface area contributed by atoms with Crippen LogP contribution in [-0.4, -0.2) is 15.3 Å². The molecule has 0 unspecified atom stereocenters. The monoisotopic (exact) mass is 355 g/mol. The predicted octanol–water partition coefficient (Wildman–Crippen LogP) is 3.21. The van der Waals surface area contributed by atoms with Gasteiger partial charge in [0, 0.05) is 12.4 Å². The van der Waals surface area contributed by atoms with Gasteiger partial charge in [0.15, 0.2) is 0 Å². The van der Waals surface area contributed by atoms with E-state index < -0.39 is 11.5 Å². The third-order valence-corrected chi connectivity index (χ3v) is 4.40. The van der Waals surface area contributed by atoms with Crippen molar-refractivity contribution in [3.8, 4) is 0 Å². The molecule has 0 radical (unpaired) electrons. The zero-order valence-electron chi connectivity index (χ0n) is 14.4. The van der Waals surface area contributed by atoms with Crippen molar-refractivity contribution in [3.63, 3.8) is 0 Å². The molecule has 0 aliphatic heterocycles. The van der Waals surface area contributed by atoms with Crippen LogP contribution in [0.1, 0.15) is 27.5 Å². The lowest BCUT2D eigenvalue weighted by atomic mass is 9.98. The van der Waals surface area contributed by atoms with Crippen LogP contribution in [0.15, 0.2) is 96.1 Å². The summed E-state index contributed by atoms with van der Waals surface area (Å²) in [4.78, 5) is 29.8. The molecule has 2 aromatic carbocycles. The summed E-state index contributed by atoms with van der Waals surface area (Å²) in [6, 6.07) is 24.2. The Kier molecular flexibility index (Phi) is 4.49. The van der Waals surface area contributed by atoms with Crippen LogP contribution in [0.2, 0.25) is 0 Å². The first kappa shape index (κ1) is 16.7. The number of nitrogens with one attached hydrogen (secondary N) is 1. The van der Waals surface area contributed by atoms with Gasteiger partial charge >= 0.3 is 0 Å². The van der Waals surface area contributed by atoms with Gasteiger partial charge in [-0.25, -0.2) is 4.98 Å². The van der Waals surface area contributed by atoms with E-state index in [1.165, 1.54) is 10.6 Å². The molecule has 0 bridgehead atoms. The van der Waals surface area contributed by atoms with Gasteiger partial charge in [0.1, 0.15) is 11.2 Å². The minimum Gasteiger partial charge on any atom is -0.341 e. The number of hydrogen-bond donors (Lipinski definition) is 1. The van der Waals surface area contributed by atoms with Gasteiger partial charge in [-0.1, -0.05) is 66.7 Å². The summed E-state index contributed by atoms with van der Waals surface area (Å²) in [6.07, 6.45) is 2.94. The number of carbonyl (C=O) groups excluding carboxylic acids is 1. The van der Waals surface area contributed by atoms with Crippen LogP contribution in [0.3, 0.4) is 0 Å². The first-order valence-electron chi connectivity index (χ1n) is 8.61. The molecular formula is C22H17N3O2. The van der Waals surface area contributed by atoms with Gasteiger partial charge in [0.25, 0.3) is 11.5 Å². The van der Waals surface area contributed by atoms with Gasteiger partial charge in [0.2, 0.25) is 0 Å². The van der Waals surface area contributed by atoms with E-state index in [9.17, 15) is 9.59 Å². The lowest BCUT2D eigenvalue weighted by Crippen LogP contribution is -2.34. The highest BCUT2D eigenvalue weighted by Crippen LogP contribution is 2.22. The van der Waals surface area contributed by atoms with E-state index in [1.807, 2.05) is 60.7 Å². The Hall–Kier alpha value is -3.73. The van der Waals surface area contributed by atoms with Crippen molar-refractivity contribution >= 4 is 11.6 Å². The van der Waals surface area contributed by atoms with E-state index in [0.717, 1.165) is 11.1 Å².